The number of amides is 4. The van der Waals surface area contributed by atoms with Gasteiger partial charge in [-0.05, 0) is 24.3 Å². The smallest absolute Gasteiger partial charge is 0.324 e. The Bertz CT molecular complexity index is 711. The van der Waals surface area contributed by atoms with Crippen LogP contribution in [0.5, 0.6) is 0 Å². The number of hydrogen-bond acceptors (Lipinski definition) is 7. The molecule has 4 amide bonds. The lowest BCUT2D eigenvalue weighted by atomic mass is 10.4. The monoisotopic (exact) mass is 358 g/mol. The van der Waals surface area contributed by atoms with E-state index in [-0.39, 0.29) is 36.5 Å². The molecule has 26 heavy (non-hydrogen) atoms. The number of pyridine rings is 2. The Morgan fingerprint density at radius 3 is 1.46 bits per heavy atom. The third-order valence-electron chi connectivity index (χ3n) is 2.95. The molecule has 11 nitrogen and oxygen atoms in total. The zero-order chi connectivity index (χ0) is 18.9. The highest BCUT2D eigenvalue weighted by Crippen LogP contribution is 2.12. The van der Waals surface area contributed by atoms with Crippen LogP contribution in [0.15, 0.2) is 36.7 Å². The van der Waals surface area contributed by atoms with E-state index in [1.54, 1.807) is 12.1 Å². The van der Waals surface area contributed by atoms with E-state index in [1.165, 1.54) is 24.5 Å². The lowest BCUT2D eigenvalue weighted by Crippen LogP contribution is -2.23. The average Bonchev–Trinajstić information content (AvgIpc) is 2.64. The molecule has 0 aliphatic carbocycles. The maximum absolute atomic E-state index is 11.9. The van der Waals surface area contributed by atoms with Crippen molar-refractivity contribution in [2.45, 2.75) is 0 Å². The van der Waals surface area contributed by atoms with Crippen molar-refractivity contribution < 1.29 is 14.4 Å². The maximum Gasteiger partial charge on any atom is 0.326 e. The Labute approximate surface area is 148 Å². The molecule has 2 rings (SSSR count). The number of rotatable bonds is 6. The fourth-order valence-electron chi connectivity index (χ4n) is 1.77. The SMILES string of the molecule is NCC(=O)Nc1ccc(NC(=O)Nc2ccc(NC(=O)CN)cn2)nc1. The summed E-state index contributed by atoms with van der Waals surface area (Å²) < 4.78 is 0. The summed E-state index contributed by atoms with van der Waals surface area (Å²) in [5.74, 6) is -0.134. The first-order chi connectivity index (χ1) is 12.5. The number of nitrogens with two attached hydrogens (primary N) is 2. The second kappa shape index (κ2) is 9.05. The van der Waals surface area contributed by atoms with Gasteiger partial charge in [0.25, 0.3) is 0 Å². The predicted octanol–water partition coefficient (Wildman–Crippen LogP) is -0.0850. The minimum atomic E-state index is -0.553. The number of hydrogen-bond donors (Lipinski definition) is 6. The molecule has 0 spiro atoms. The molecule has 0 fully saturated rings. The molecular formula is C15H18N8O3. The van der Waals surface area contributed by atoms with Crippen molar-refractivity contribution >= 4 is 40.9 Å². The molecule has 0 saturated carbocycles. The number of anilines is 4. The minimum Gasteiger partial charge on any atom is -0.324 e. The quantitative estimate of drug-likeness (QED) is 0.418. The van der Waals surface area contributed by atoms with Gasteiger partial charge in [-0.15, -0.1) is 0 Å². The largest absolute Gasteiger partial charge is 0.326 e. The zero-order valence-electron chi connectivity index (χ0n) is 13.7. The van der Waals surface area contributed by atoms with Crippen molar-refractivity contribution in [2.24, 2.45) is 11.5 Å². The molecule has 0 bridgehead atoms. The Hall–Kier alpha value is -3.57. The standard InChI is InChI=1S/C15H18N8O3/c16-5-13(24)20-9-1-3-11(18-7-9)22-15(26)23-12-4-2-10(8-19-12)21-14(25)6-17/h1-4,7-8H,5-6,16-17H2,(H,20,24)(H,21,25)(H2,18,19,22,23,26). The van der Waals surface area contributed by atoms with Crippen LogP contribution in [0, 0.1) is 0 Å². The molecule has 0 aliphatic rings. The minimum absolute atomic E-state index is 0.135. The maximum atomic E-state index is 11.9. The Kier molecular flexibility index (Phi) is 6.53. The topological polar surface area (TPSA) is 177 Å². The van der Waals surface area contributed by atoms with Gasteiger partial charge in [0.2, 0.25) is 11.8 Å². The predicted molar refractivity (Wildman–Crippen MR) is 96.5 cm³/mol. The van der Waals surface area contributed by atoms with Crippen molar-refractivity contribution in [2.75, 3.05) is 34.4 Å². The molecule has 0 saturated heterocycles. The highest BCUT2D eigenvalue weighted by atomic mass is 16.2. The molecule has 2 heterocycles. The van der Waals surface area contributed by atoms with Gasteiger partial charge in [-0.2, -0.15) is 0 Å². The van der Waals surface area contributed by atoms with E-state index in [1.807, 2.05) is 0 Å². The van der Waals surface area contributed by atoms with Crippen LogP contribution in [0.2, 0.25) is 0 Å². The molecule has 11 heteroatoms. The normalized spacial score (nSPS) is 9.92. The van der Waals surface area contributed by atoms with Gasteiger partial charge in [0, 0.05) is 0 Å². The van der Waals surface area contributed by atoms with Crippen LogP contribution < -0.4 is 32.7 Å². The average molecular weight is 358 g/mol. The second-order valence-electron chi connectivity index (χ2n) is 4.95. The van der Waals surface area contributed by atoms with Gasteiger partial charge < -0.3 is 22.1 Å². The van der Waals surface area contributed by atoms with Crippen molar-refractivity contribution in [1.82, 2.24) is 9.97 Å². The molecule has 0 unspecified atom stereocenters. The van der Waals surface area contributed by atoms with Crippen molar-refractivity contribution in [1.29, 1.82) is 0 Å². The molecule has 0 aromatic carbocycles. The number of carbonyl (C=O) groups is 3. The fourth-order valence-corrected chi connectivity index (χ4v) is 1.77. The Balaban J connectivity index is 1.88. The summed E-state index contributed by atoms with van der Waals surface area (Å²) in [5, 5.41) is 10.1. The van der Waals surface area contributed by atoms with E-state index in [2.05, 4.69) is 31.2 Å². The molecule has 2 aromatic heterocycles. The van der Waals surface area contributed by atoms with E-state index >= 15 is 0 Å². The van der Waals surface area contributed by atoms with Crippen LogP contribution in [0.1, 0.15) is 0 Å². The summed E-state index contributed by atoms with van der Waals surface area (Å²) in [7, 11) is 0. The van der Waals surface area contributed by atoms with E-state index in [0.717, 1.165) is 0 Å². The molecule has 2 aromatic rings. The first-order valence-electron chi connectivity index (χ1n) is 7.50. The number of carbonyl (C=O) groups excluding carboxylic acids is 3. The van der Waals surface area contributed by atoms with E-state index in [4.69, 9.17) is 11.5 Å². The van der Waals surface area contributed by atoms with Crippen LogP contribution in [0.25, 0.3) is 0 Å². The Morgan fingerprint density at radius 2 is 1.15 bits per heavy atom. The summed E-state index contributed by atoms with van der Waals surface area (Å²) in [6.07, 6.45) is 2.77. The van der Waals surface area contributed by atoms with Gasteiger partial charge in [-0.25, -0.2) is 14.8 Å². The van der Waals surface area contributed by atoms with E-state index in [9.17, 15) is 14.4 Å². The molecular weight excluding hydrogens is 340 g/mol. The molecule has 0 radical (unpaired) electrons. The fraction of sp³-hybridized carbons (Fsp3) is 0.133. The number of nitrogens with zero attached hydrogens (tertiary/aromatic N) is 2. The molecule has 136 valence electrons. The van der Waals surface area contributed by atoms with Crippen LogP contribution in [0.3, 0.4) is 0 Å². The third kappa shape index (κ3) is 5.81. The number of aromatic nitrogens is 2. The number of nitrogens with one attached hydrogen (secondary N) is 4. The van der Waals surface area contributed by atoms with Crippen molar-refractivity contribution in [3.05, 3.63) is 36.7 Å². The zero-order valence-corrected chi connectivity index (χ0v) is 13.7. The van der Waals surface area contributed by atoms with Gasteiger partial charge in [0.15, 0.2) is 0 Å². The van der Waals surface area contributed by atoms with E-state index < -0.39 is 6.03 Å². The number of urea groups is 1. The van der Waals surface area contributed by atoms with Crippen molar-refractivity contribution in [3.63, 3.8) is 0 Å². The summed E-state index contributed by atoms with van der Waals surface area (Å²) in [5.41, 5.74) is 11.3. The van der Waals surface area contributed by atoms with Gasteiger partial charge in [0.1, 0.15) is 11.6 Å². The third-order valence-corrected chi connectivity index (χ3v) is 2.95. The van der Waals surface area contributed by atoms with Crippen molar-refractivity contribution in [3.8, 4) is 0 Å². The van der Waals surface area contributed by atoms with Gasteiger partial charge in [-0.1, -0.05) is 0 Å². The second-order valence-corrected chi connectivity index (χ2v) is 4.95. The van der Waals surface area contributed by atoms with Gasteiger partial charge in [-0.3, -0.25) is 20.2 Å². The van der Waals surface area contributed by atoms with E-state index in [0.29, 0.717) is 11.4 Å². The first-order valence-corrected chi connectivity index (χ1v) is 7.50. The highest BCUT2D eigenvalue weighted by molar-refractivity contribution is 5.99. The lowest BCUT2D eigenvalue weighted by molar-refractivity contribution is -0.115. The van der Waals surface area contributed by atoms with Crippen LogP contribution in [0.4, 0.5) is 27.8 Å². The summed E-state index contributed by atoms with van der Waals surface area (Å²) >= 11 is 0. The first kappa shape index (κ1) is 18.8. The summed E-state index contributed by atoms with van der Waals surface area (Å²) in [4.78, 5) is 42.3. The van der Waals surface area contributed by atoms with Crippen LogP contribution in [-0.2, 0) is 9.59 Å². The molecule has 8 N–H and O–H groups in total. The molecule has 0 aliphatic heterocycles. The van der Waals surface area contributed by atoms with Gasteiger partial charge >= 0.3 is 6.03 Å². The van der Waals surface area contributed by atoms with Crippen LogP contribution in [-0.4, -0.2) is 40.9 Å². The lowest BCUT2D eigenvalue weighted by Gasteiger charge is -2.08. The van der Waals surface area contributed by atoms with Gasteiger partial charge in [0.05, 0.1) is 36.9 Å². The Morgan fingerprint density at radius 1 is 0.731 bits per heavy atom. The molecule has 0 atom stereocenters. The summed E-state index contributed by atoms with van der Waals surface area (Å²) in [6, 6.07) is 5.63. The van der Waals surface area contributed by atoms with Crippen LogP contribution >= 0.6 is 0 Å². The highest BCUT2D eigenvalue weighted by Gasteiger charge is 2.06. The summed E-state index contributed by atoms with van der Waals surface area (Å²) in [6.45, 7) is -0.270.